The molecule has 1 aromatic carbocycles. The van der Waals surface area contributed by atoms with Crippen LogP contribution in [0.5, 0.6) is 0 Å². The average Bonchev–Trinajstić information content (AvgIpc) is 2.51. The summed E-state index contributed by atoms with van der Waals surface area (Å²) >= 11 is 0. The van der Waals surface area contributed by atoms with Gasteiger partial charge in [0.05, 0.1) is 12.6 Å². The molecule has 16 heavy (non-hydrogen) atoms. The first-order valence-electron chi connectivity index (χ1n) is 5.63. The highest BCUT2D eigenvalue weighted by atomic mass is 16.1. The lowest BCUT2D eigenvalue weighted by Gasteiger charge is -2.19. The molecule has 0 saturated carbocycles. The van der Waals surface area contributed by atoms with Crippen molar-refractivity contribution < 1.29 is 4.79 Å². The van der Waals surface area contributed by atoms with Crippen LogP contribution in [-0.4, -0.2) is 12.5 Å². The van der Waals surface area contributed by atoms with Crippen LogP contribution in [-0.2, 0) is 10.2 Å². The Hall–Kier alpha value is -1.35. The molecular weight excluding hydrogens is 200 g/mol. The molecule has 0 radical (unpaired) electrons. The summed E-state index contributed by atoms with van der Waals surface area (Å²) in [6.45, 7) is 4.47. The Balaban J connectivity index is 2.30. The van der Waals surface area contributed by atoms with Crippen LogP contribution in [0.15, 0.2) is 24.3 Å². The molecule has 1 amide bonds. The fourth-order valence-corrected chi connectivity index (χ4v) is 2.53. The SMILES string of the molecule is CC1(C)CC(NC(=O)CN)c2ccccc21. The molecule has 86 valence electrons. The van der Waals surface area contributed by atoms with E-state index >= 15 is 0 Å². The van der Waals surface area contributed by atoms with E-state index in [2.05, 4.69) is 31.3 Å². The lowest BCUT2D eigenvalue weighted by molar-refractivity contribution is -0.120. The summed E-state index contributed by atoms with van der Waals surface area (Å²) in [6, 6.07) is 8.41. The predicted molar refractivity (Wildman–Crippen MR) is 64.0 cm³/mol. The van der Waals surface area contributed by atoms with Crippen LogP contribution in [0.1, 0.15) is 37.4 Å². The van der Waals surface area contributed by atoms with Gasteiger partial charge in [-0.15, -0.1) is 0 Å². The molecule has 0 spiro atoms. The van der Waals surface area contributed by atoms with E-state index in [4.69, 9.17) is 5.73 Å². The molecule has 0 aromatic heterocycles. The van der Waals surface area contributed by atoms with Crippen LogP contribution in [0.3, 0.4) is 0 Å². The molecule has 0 heterocycles. The van der Waals surface area contributed by atoms with Crippen LogP contribution >= 0.6 is 0 Å². The summed E-state index contributed by atoms with van der Waals surface area (Å²) in [5.41, 5.74) is 8.02. The zero-order chi connectivity index (χ0) is 11.8. The van der Waals surface area contributed by atoms with Crippen LogP contribution in [0.25, 0.3) is 0 Å². The molecule has 1 aromatic rings. The van der Waals surface area contributed by atoms with Crippen molar-refractivity contribution in [3.8, 4) is 0 Å². The smallest absolute Gasteiger partial charge is 0.234 e. The van der Waals surface area contributed by atoms with Crippen LogP contribution < -0.4 is 11.1 Å². The second-order valence-electron chi connectivity index (χ2n) is 5.00. The van der Waals surface area contributed by atoms with E-state index < -0.39 is 0 Å². The number of fused-ring (bicyclic) bond motifs is 1. The summed E-state index contributed by atoms with van der Waals surface area (Å²) in [6.07, 6.45) is 0.943. The summed E-state index contributed by atoms with van der Waals surface area (Å²) in [5, 5.41) is 2.98. The van der Waals surface area contributed by atoms with Crippen molar-refractivity contribution in [3.63, 3.8) is 0 Å². The molecule has 0 fully saturated rings. The number of carbonyl (C=O) groups is 1. The first kappa shape index (κ1) is 11.1. The zero-order valence-corrected chi connectivity index (χ0v) is 9.79. The first-order valence-corrected chi connectivity index (χ1v) is 5.63. The Kier molecular flexibility index (Phi) is 2.72. The van der Waals surface area contributed by atoms with E-state index in [0.717, 1.165) is 6.42 Å². The summed E-state index contributed by atoms with van der Waals surface area (Å²) in [4.78, 5) is 11.4. The summed E-state index contributed by atoms with van der Waals surface area (Å²) in [7, 11) is 0. The zero-order valence-electron chi connectivity index (χ0n) is 9.79. The molecule has 3 heteroatoms. The minimum absolute atomic E-state index is 0.0547. The van der Waals surface area contributed by atoms with E-state index in [0.29, 0.717) is 0 Å². The molecule has 0 saturated heterocycles. The Morgan fingerprint density at radius 1 is 1.50 bits per heavy atom. The van der Waals surface area contributed by atoms with E-state index in [1.807, 2.05) is 12.1 Å². The Morgan fingerprint density at radius 2 is 2.19 bits per heavy atom. The number of nitrogens with two attached hydrogens (primary N) is 1. The molecular formula is C13H18N2O. The lowest BCUT2D eigenvalue weighted by Crippen LogP contribution is -2.33. The molecule has 1 aliphatic carbocycles. The quantitative estimate of drug-likeness (QED) is 0.790. The van der Waals surface area contributed by atoms with Crippen molar-refractivity contribution in [1.29, 1.82) is 0 Å². The molecule has 1 unspecified atom stereocenters. The summed E-state index contributed by atoms with van der Waals surface area (Å²) < 4.78 is 0. The second-order valence-corrected chi connectivity index (χ2v) is 5.00. The molecule has 3 nitrogen and oxygen atoms in total. The van der Waals surface area contributed by atoms with Crippen molar-refractivity contribution in [3.05, 3.63) is 35.4 Å². The fourth-order valence-electron chi connectivity index (χ4n) is 2.53. The monoisotopic (exact) mass is 218 g/mol. The number of nitrogens with one attached hydrogen (secondary N) is 1. The average molecular weight is 218 g/mol. The Labute approximate surface area is 96.0 Å². The number of amides is 1. The largest absolute Gasteiger partial charge is 0.348 e. The van der Waals surface area contributed by atoms with Gasteiger partial charge in [-0.3, -0.25) is 4.79 Å². The van der Waals surface area contributed by atoms with Crippen molar-refractivity contribution >= 4 is 5.91 Å². The van der Waals surface area contributed by atoms with Gasteiger partial charge in [0.1, 0.15) is 0 Å². The van der Waals surface area contributed by atoms with Gasteiger partial charge in [-0.1, -0.05) is 38.1 Å². The van der Waals surface area contributed by atoms with E-state index in [1.54, 1.807) is 0 Å². The maximum Gasteiger partial charge on any atom is 0.234 e. The third-order valence-electron chi connectivity index (χ3n) is 3.30. The van der Waals surface area contributed by atoms with Crippen LogP contribution in [0.4, 0.5) is 0 Å². The van der Waals surface area contributed by atoms with Gasteiger partial charge in [-0.25, -0.2) is 0 Å². The van der Waals surface area contributed by atoms with Crippen molar-refractivity contribution in [2.24, 2.45) is 5.73 Å². The standard InChI is InChI=1S/C13H18N2O/c1-13(2)7-11(15-12(16)8-14)9-5-3-4-6-10(9)13/h3-6,11H,7-8,14H2,1-2H3,(H,15,16). The van der Waals surface area contributed by atoms with Crippen LogP contribution in [0.2, 0.25) is 0 Å². The fraction of sp³-hybridized carbons (Fsp3) is 0.462. The van der Waals surface area contributed by atoms with Gasteiger partial charge in [-0.2, -0.15) is 0 Å². The second kappa shape index (κ2) is 3.91. The number of benzene rings is 1. The van der Waals surface area contributed by atoms with E-state index in [1.165, 1.54) is 11.1 Å². The molecule has 0 aliphatic heterocycles. The maximum atomic E-state index is 11.4. The van der Waals surface area contributed by atoms with E-state index in [9.17, 15) is 4.79 Å². The molecule has 1 aliphatic rings. The maximum absolute atomic E-state index is 11.4. The highest BCUT2D eigenvalue weighted by Crippen LogP contribution is 2.44. The number of hydrogen-bond donors (Lipinski definition) is 2. The lowest BCUT2D eigenvalue weighted by atomic mass is 9.86. The topological polar surface area (TPSA) is 55.1 Å². The summed E-state index contributed by atoms with van der Waals surface area (Å²) in [5.74, 6) is -0.0856. The highest BCUT2D eigenvalue weighted by molar-refractivity contribution is 5.78. The van der Waals surface area contributed by atoms with Gasteiger partial charge < -0.3 is 11.1 Å². The number of carbonyl (C=O) groups excluding carboxylic acids is 1. The van der Waals surface area contributed by atoms with Crippen LogP contribution in [0, 0.1) is 0 Å². The normalized spacial score (nSPS) is 21.6. The Bertz CT molecular complexity index is 412. The molecule has 2 rings (SSSR count). The van der Waals surface area contributed by atoms with Gasteiger partial charge >= 0.3 is 0 Å². The Morgan fingerprint density at radius 3 is 2.88 bits per heavy atom. The third-order valence-corrected chi connectivity index (χ3v) is 3.30. The minimum Gasteiger partial charge on any atom is -0.348 e. The third kappa shape index (κ3) is 1.83. The van der Waals surface area contributed by atoms with E-state index in [-0.39, 0.29) is 23.9 Å². The van der Waals surface area contributed by atoms with Gasteiger partial charge in [-0.05, 0) is 23.0 Å². The predicted octanol–water partition coefficient (Wildman–Crippen LogP) is 1.48. The molecule has 3 N–H and O–H groups in total. The van der Waals surface area contributed by atoms with Gasteiger partial charge in [0.25, 0.3) is 0 Å². The molecule has 1 atom stereocenters. The number of rotatable bonds is 2. The highest BCUT2D eigenvalue weighted by Gasteiger charge is 2.36. The first-order chi connectivity index (χ1) is 7.54. The number of hydrogen-bond acceptors (Lipinski definition) is 2. The molecule has 0 bridgehead atoms. The minimum atomic E-state index is -0.0856. The van der Waals surface area contributed by atoms with Crippen molar-refractivity contribution in [2.75, 3.05) is 6.54 Å². The van der Waals surface area contributed by atoms with Crippen molar-refractivity contribution in [1.82, 2.24) is 5.32 Å². The van der Waals surface area contributed by atoms with Gasteiger partial charge in [0.15, 0.2) is 0 Å². The van der Waals surface area contributed by atoms with Gasteiger partial charge in [0.2, 0.25) is 5.91 Å². The van der Waals surface area contributed by atoms with Crippen molar-refractivity contribution in [2.45, 2.75) is 31.7 Å². The van der Waals surface area contributed by atoms with Gasteiger partial charge in [0, 0.05) is 0 Å².